The summed E-state index contributed by atoms with van der Waals surface area (Å²) >= 11 is 1.34. The third kappa shape index (κ3) is 1.54. The predicted octanol–water partition coefficient (Wildman–Crippen LogP) is 0.626. The van der Waals surface area contributed by atoms with Crippen molar-refractivity contribution in [3.05, 3.63) is 10.9 Å². The highest BCUT2D eigenvalue weighted by molar-refractivity contribution is 7.03. The van der Waals surface area contributed by atoms with E-state index in [4.69, 9.17) is 9.47 Å². The van der Waals surface area contributed by atoms with Gasteiger partial charge < -0.3 is 14.6 Å². The van der Waals surface area contributed by atoms with Gasteiger partial charge in [0.1, 0.15) is 0 Å². The van der Waals surface area contributed by atoms with Crippen molar-refractivity contribution in [3.63, 3.8) is 0 Å². The molecule has 0 spiro atoms. The van der Waals surface area contributed by atoms with Gasteiger partial charge in [-0.3, -0.25) is 0 Å². The average molecular weight is 201 g/mol. The van der Waals surface area contributed by atoms with Crippen molar-refractivity contribution in [3.8, 4) is 5.88 Å². The molecule has 5 heteroatoms. The maximum Gasteiger partial charge on any atom is 0.228 e. The first-order valence-electron chi connectivity index (χ1n) is 4.07. The summed E-state index contributed by atoms with van der Waals surface area (Å²) in [5, 5.41) is 11.5. The quantitative estimate of drug-likeness (QED) is 0.762. The number of ether oxygens (including phenoxy) is 2. The van der Waals surface area contributed by atoms with Crippen molar-refractivity contribution in [2.24, 2.45) is 0 Å². The second-order valence-electron chi connectivity index (χ2n) is 2.99. The molecule has 1 aliphatic rings. The SMILES string of the molecule is COc1nscc1[C@@H]1COC[C@H]1O. The van der Waals surface area contributed by atoms with Crippen molar-refractivity contribution < 1.29 is 14.6 Å². The standard InChI is InChI=1S/C8H11NO3S/c1-11-8-6(4-13-9-8)5-2-12-3-7(5)10/h4-5,7,10H,2-3H2,1H3/t5-,7+/m0/s1. The van der Waals surface area contributed by atoms with Gasteiger partial charge in [-0.2, -0.15) is 4.37 Å². The molecule has 0 unspecified atom stereocenters. The summed E-state index contributed by atoms with van der Waals surface area (Å²) in [7, 11) is 1.58. The van der Waals surface area contributed by atoms with E-state index in [-0.39, 0.29) is 5.92 Å². The van der Waals surface area contributed by atoms with Crippen LogP contribution in [0.1, 0.15) is 11.5 Å². The molecular formula is C8H11NO3S. The third-order valence-electron chi connectivity index (χ3n) is 2.21. The number of rotatable bonds is 2. The van der Waals surface area contributed by atoms with Crippen LogP contribution in [0, 0.1) is 0 Å². The maximum atomic E-state index is 9.58. The van der Waals surface area contributed by atoms with Crippen LogP contribution in [0.5, 0.6) is 5.88 Å². The van der Waals surface area contributed by atoms with Crippen molar-refractivity contribution in [1.82, 2.24) is 4.37 Å². The molecular weight excluding hydrogens is 190 g/mol. The van der Waals surface area contributed by atoms with Crippen LogP contribution in [0.4, 0.5) is 0 Å². The van der Waals surface area contributed by atoms with Gasteiger partial charge in [-0.15, -0.1) is 0 Å². The van der Waals surface area contributed by atoms with E-state index in [1.54, 1.807) is 7.11 Å². The molecule has 2 atom stereocenters. The molecule has 13 heavy (non-hydrogen) atoms. The Morgan fingerprint density at radius 3 is 3.15 bits per heavy atom. The monoisotopic (exact) mass is 201 g/mol. The zero-order valence-corrected chi connectivity index (χ0v) is 8.08. The zero-order chi connectivity index (χ0) is 9.26. The lowest BCUT2D eigenvalue weighted by molar-refractivity contribution is 0.124. The summed E-state index contributed by atoms with van der Waals surface area (Å²) in [5.41, 5.74) is 0.956. The Kier molecular flexibility index (Phi) is 2.48. The molecule has 0 radical (unpaired) electrons. The second-order valence-corrected chi connectivity index (χ2v) is 3.62. The van der Waals surface area contributed by atoms with Crippen LogP contribution >= 0.6 is 11.5 Å². The fourth-order valence-corrected chi connectivity index (χ4v) is 2.19. The second kappa shape index (κ2) is 3.61. The minimum atomic E-state index is -0.426. The Balaban J connectivity index is 2.23. The average Bonchev–Trinajstić information content (AvgIpc) is 2.71. The summed E-state index contributed by atoms with van der Waals surface area (Å²) in [6.45, 7) is 0.958. The molecule has 1 aliphatic heterocycles. The van der Waals surface area contributed by atoms with E-state index < -0.39 is 6.10 Å². The highest BCUT2D eigenvalue weighted by Gasteiger charge is 2.31. The van der Waals surface area contributed by atoms with Gasteiger partial charge in [0, 0.05) is 16.9 Å². The van der Waals surface area contributed by atoms with Gasteiger partial charge in [0.2, 0.25) is 5.88 Å². The van der Waals surface area contributed by atoms with Crippen molar-refractivity contribution in [2.45, 2.75) is 12.0 Å². The molecule has 0 saturated carbocycles. The molecule has 1 aromatic rings. The lowest BCUT2D eigenvalue weighted by Gasteiger charge is -2.10. The Bertz CT molecular complexity index is 289. The summed E-state index contributed by atoms with van der Waals surface area (Å²) in [6, 6.07) is 0. The number of methoxy groups -OCH3 is 1. The molecule has 0 bridgehead atoms. The van der Waals surface area contributed by atoms with Crippen LogP contribution in [-0.2, 0) is 4.74 Å². The highest BCUT2D eigenvalue weighted by Crippen LogP contribution is 2.32. The van der Waals surface area contributed by atoms with Crippen molar-refractivity contribution in [2.75, 3.05) is 20.3 Å². The largest absolute Gasteiger partial charge is 0.480 e. The molecule has 0 aliphatic carbocycles. The number of hydrogen-bond acceptors (Lipinski definition) is 5. The first-order chi connectivity index (χ1) is 6.33. The van der Waals surface area contributed by atoms with Gasteiger partial charge >= 0.3 is 0 Å². The minimum Gasteiger partial charge on any atom is -0.480 e. The number of hydrogen-bond donors (Lipinski definition) is 1. The molecule has 4 nitrogen and oxygen atoms in total. The van der Waals surface area contributed by atoms with Gasteiger partial charge in [-0.25, -0.2) is 0 Å². The van der Waals surface area contributed by atoms with Gasteiger partial charge in [0.15, 0.2) is 0 Å². The Morgan fingerprint density at radius 1 is 1.69 bits per heavy atom. The fourth-order valence-electron chi connectivity index (χ4n) is 1.48. The van der Waals surface area contributed by atoms with E-state index in [9.17, 15) is 5.11 Å². The molecule has 0 amide bonds. The van der Waals surface area contributed by atoms with Crippen LogP contribution < -0.4 is 4.74 Å². The normalized spacial score (nSPS) is 27.8. The fraction of sp³-hybridized carbons (Fsp3) is 0.625. The smallest absolute Gasteiger partial charge is 0.228 e. The topological polar surface area (TPSA) is 51.6 Å². The predicted molar refractivity (Wildman–Crippen MR) is 48.2 cm³/mol. The number of nitrogens with zero attached hydrogens (tertiary/aromatic N) is 1. The van der Waals surface area contributed by atoms with Gasteiger partial charge in [0.25, 0.3) is 0 Å². The molecule has 72 valence electrons. The zero-order valence-electron chi connectivity index (χ0n) is 7.27. The third-order valence-corrected chi connectivity index (χ3v) is 2.84. The Hall–Kier alpha value is -0.650. The van der Waals surface area contributed by atoms with E-state index in [1.807, 2.05) is 5.38 Å². The lowest BCUT2D eigenvalue weighted by Crippen LogP contribution is -2.15. The van der Waals surface area contributed by atoms with Gasteiger partial charge in [0.05, 0.1) is 26.4 Å². The lowest BCUT2D eigenvalue weighted by atomic mass is 10.00. The summed E-state index contributed by atoms with van der Waals surface area (Å²) in [6.07, 6.45) is -0.426. The first-order valence-corrected chi connectivity index (χ1v) is 4.90. The Morgan fingerprint density at radius 2 is 2.54 bits per heavy atom. The van der Waals surface area contributed by atoms with E-state index in [1.165, 1.54) is 11.5 Å². The van der Waals surface area contributed by atoms with Crippen LogP contribution in [0.2, 0.25) is 0 Å². The van der Waals surface area contributed by atoms with Crippen LogP contribution in [0.15, 0.2) is 5.38 Å². The van der Waals surface area contributed by atoms with Gasteiger partial charge in [-0.05, 0) is 11.5 Å². The van der Waals surface area contributed by atoms with Crippen LogP contribution in [-0.4, -0.2) is 35.9 Å². The Labute approximate surface area is 80.3 Å². The molecule has 1 saturated heterocycles. The number of aliphatic hydroxyl groups excluding tert-OH is 1. The van der Waals surface area contributed by atoms with E-state index in [0.29, 0.717) is 19.1 Å². The van der Waals surface area contributed by atoms with E-state index in [0.717, 1.165) is 5.56 Å². The maximum absolute atomic E-state index is 9.58. The molecule has 1 fully saturated rings. The number of aromatic nitrogens is 1. The summed E-state index contributed by atoms with van der Waals surface area (Å²) < 4.78 is 14.3. The molecule has 1 N–H and O–H groups in total. The molecule has 2 rings (SSSR count). The first kappa shape index (κ1) is 8.93. The molecule has 0 aromatic carbocycles. The molecule has 2 heterocycles. The summed E-state index contributed by atoms with van der Waals surface area (Å²) in [4.78, 5) is 0. The minimum absolute atomic E-state index is 0.0219. The highest BCUT2D eigenvalue weighted by atomic mass is 32.1. The van der Waals surface area contributed by atoms with Gasteiger partial charge in [-0.1, -0.05) is 0 Å². The van der Waals surface area contributed by atoms with Crippen molar-refractivity contribution in [1.29, 1.82) is 0 Å². The number of aliphatic hydroxyl groups is 1. The summed E-state index contributed by atoms with van der Waals surface area (Å²) in [5.74, 6) is 0.633. The van der Waals surface area contributed by atoms with Crippen LogP contribution in [0.3, 0.4) is 0 Å². The van der Waals surface area contributed by atoms with E-state index in [2.05, 4.69) is 4.37 Å². The van der Waals surface area contributed by atoms with Crippen molar-refractivity contribution >= 4 is 11.5 Å². The van der Waals surface area contributed by atoms with Crippen LogP contribution in [0.25, 0.3) is 0 Å². The molecule has 1 aromatic heterocycles. The van der Waals surface area contributed by atoms with E-state index >= 15 is 0 Å².